The molecular formula is C22H22N4O4. The summed E-state index contributed by atoms with van der Waals surface area (Å²) in [6.07, 6.45) is 1.43. The van der Waals surface area contributed by atoms with Crippen molar-refractivity contribution in [3.63, 3.8) is 0 Å². The van der Waals surface area contributed by atoms with E-state index >= 15 is 0 Å². The molecule has 154 valence electrons. The highest BCUT2D eigenvalue weighted by Crippen LogP contribution is 2.17. The van der Waals surface area contributed by atoms with E-state index in [4.69, 9.17) is 4.42 Å². The maximum Gasteiger partial charge on any atom is 0.291 e. The topological polar surface area (TPSA) is 104 Å². The van der Waals surface area contributed by atoms with Gasteiger partial charge in [0, 0.05) is 36.7 Å². The molecule has 3 rings (SSSR count). The summed E-state index contributed by atoms with van der Waals surface area (Å²) in [5.41, 5.74) is 2.26. The lowest BCUT2D eigenvalue weighted by Crippen LogP contribution is -2.23. The number of benzene rings is 2. The minimum Gasteiger partial charge on any atom is -0.459 e. The van der Waals surface area contributed by atoms with Gasteiger partial charge in [-0.1, -0.05) is 12.1 Å². The average Bonchev–Trinajstić information content (AvgIpc) is 3.27. The van der Waals surface area contributed by atoms with E-state index in [0.29, 0.717) is 22.6 Å². The predicted molar refractivity (Wildman–Crippen MR) is 115 cm³/mol. The van der Waals surface area contributed by atoms with Crippen molar-refractivity contribution in [2.45, 2.75) is 0 Å². The van der Waals surface area contributed by atoms with Gasteiger partial charge in [0.1, 0.15) is 0 Å². The lowest BCUT2D eigenvalue weighted by Gasteiger charge is -2.12. The second-order valence-electron chi connectivity index (χ2n) is 6.69. The van der Waals surface area contributed by atoms with Gasteiger partial charge < -0.3 is 25.3 Å². The first-order chi connectivity index (χ1) is 14.4. The number of hydrogen-bond donors (Lipinski definition) is 3. The van der Waals surface area contributed by atoms with Crippen LogP contribution in [0.3, 0.4) is 0 Å². The molecule has 0 radical (unpaired) electrons. The summed E-state index contributed by atoms with van der Waals surface area (Å²) in [6.45, 7) is 0.0153. The number of carbonyl (C=O) groups is 3. The van der Waals surface area contributed by atoms with E-state index in [1.165, 1.54) is 11.2 Å². The van der Waals surface area contributed by atoms with Gasteiger partial charge in [-0.3, -0.25) is 14.4 Å². The molecule has 0 saturated carbocycles. The van der Waals surface area contributed by atoms with Crippen molar-refractivity contribution in [1.82, 2.24) is 4.90 Å². The van der Waals surface area contributed by atoms with Crippen LogP contribution in [0, 0.1) is 0 Å². The Hall–Kier alpha value is -4.07. The van der Waals surface area contributed by atoms with Gasteiger partial charge in [0.15, 0.2) is 5.76 Å². The molecule has 1 heterocycles. The number of amides is 3. The van der Waals surface area contributed by atoms with Crippen LogP contribution in [-0.4, -0.2) is 43.3 Å². The van der Waals surface area contributed by atoms with Gasteiger partial charge in [-0.25, -0.2) is 0 Å². The van der Waals surface area contributed by atoms with Crippen LogP contribution < -0.4 is 16.0 Å². The Morgan fingerprint density at radius 2 is 1.57 bits per heavy atom. The number of rotatable bonds is 7. The minimum atomic E-state index is -0.359. The Morgan fingerprint density at radius 1 is 0.867 bits per heavy atom. The summed E-state index contributed by atoms with van der Waals surface area (Å²) in [4.78, 5) is 37.8. The van der Waals surface area contributed by atoms with Crippen LogP contribution in [-0.2, 0) is 4.79 Å². The molecule has 3 aromatic rings. The highest BCUT2D eigenvalue weighted by molar-refractivity contribution is 6.02. The van der Waals surface area contributed by atoms with Crippen LogP contribution in [0.25, 0.3) is 0 Å². The monoisotopic (exact) mass is 406 g/mol. The summed E-state index contributed by atoms with van der Waals surface area (Å²) in [5.74, 6) is -0.558. The Bertz CT molecular complexity index is 1040. The second kappa shape index (κ2) is 9.42. The predicted octanol–water partition coefficient (Wildman–Crippen LogP) is 3.28. The van der Waals surface area contributed by atoms with E-state index in [2.05, 4.69) is 16.0 Å². The molecule has 0 saturated heterocycles. The zero-order valence-electron chi connectivity index (χ0n) is 16.6. The van der Waals surface area contributed by atoms with Crippen molar-refractivity contribution < 1.29 is 18.8 Å². The highest BCUT2D eigenvalue weighted by atomic mass is 16.3. The van der Waals surface area contributed by atoms with Crippen LogP contribution in [0.1, 0.15) is 20.9 Å². The molecule has 3 N–H and O–H groups in total. The number of nitrogens with one attached hydrogen (secondary N) is 3. The number of nitrogens with zero attached hydrogens (tertiary/aromatic N) is 1. The molecule has 0 bridgehead atoms. The van der Waals surface area contributed by atoms with Crippen molar-refractivity contribution in [2.75, 3.05) is 36.6 Å². The van der Waals surface area contributed by atoms with Gasteiger partial charge in [0.05, 0.1) is 12.8 Å². The highest BCUT2D eigenvalue weighted by Gasteiger charge is 2.11. The lowest BCUT2D eigenvalue weighted by molar-refractivity contribution is -0.114. The van der Waals surface area contributed by atoms with E-state index in [-0.39, 0.29) is 30.0 Å². The summed E-state index contributed by atoms with van der Waals surface area (Å²) in [7, 11) is 3.34. The standard InChI is InChI=1S/C22H22N4O4/c1-26(2)22(29)15-6-3-8-17(12-15)24-20(27)14-23-16-7-4-9-18(13-16)25-21(28)19-10-5-11-30-19/h3-13,23H,14H2,1-2H3,(H,24,27)(H,25,28). The van der Waals surface area contributed by atoms with Crippen molar-refractivity contribution in [1.29, 1.82) is 0 Å². The van der Waals surface area contributed by atoms with Crippen molar-refractivity contribution in [3.05, 3.63) is 78.3 Å². The van der Waals surface area contributed by atoms with E-state index in [9.17, 15) is 14.4 Å². The third-order valence-electron chi connectivity index (χ3n) is 4.12. The molecule has 8 nitrogen and oxygen atoms in total. The Balaban J connectivity index is 1.55. The second-order valence-corrected chi connectivity index (χ2v) is 6.69. The fourth-order valence-electron chi connectivity index (χ4n) is 2.68. The van der Waals surface area contributed by atoms with Crippen molar-refractivity contribution in [2.24, 2.45) is 0 Å². The van der Waals surface area contributed by atoms with Gasteiger partial charge in [-0.05, 0) is 48.5 Å². The largest absolute Gasteiger partial charge is 0.459 e. The first-order valence-electron chi connectivity index (χ1n) is 9.23. The van der Waals surface area contributed by atoms with Gasteiger partial charge in [-0.2, -0.15) is 0 Å². The van der Waals surface area contributed by atoms with Gasteiger partial charge in [0.25, 0.3) is 11.8 Å². The molecule has 0 spiro atoms. The van der Waals surface area contributed by atoms with Crippen LogP contribution in [0.2, 0.25) is 0 Å². The molecule has 0 unspecified atom stereocenters. The first-order valence-corrected chi connectivity index (χ1v) is 9.23. The van der Waals surface area contributed by atoms with Gasteiger partial charge in [0.2, 0.25) is 5.91 Å². The fourth-order valence-corrected chi connectivity index (χ4v) is 2.68. The van der Waals surface area contributed by atoms with Crippen LogP contribution in [0.15, 0.2) is 71.3 Å². The van der Waals surface area contributed by atoms with Crippen molar-refractivity contribution >= 4 is 34.8 Å². The number of anilines is 3. The van der Waals surface area contributed by atoms with E-state index in [0.717, 1.165) is 0 Å². The molecule has 0 atom stereocenters. The number of carbonyl (C=O) groups excluding carboxylic acids is 3. The Kier molecular flexibility index (Phi) is 6.49. The molecule has 1 aromatic heterocycles. The molecule has 0 aliphatic heterocycles. The van der Waals surface area contributed by atoms with Crippen molar-refractivity contribution in [3.8, 4) is 0 Å². The summed E-state index contributed by atoms with van der Waals surface area (Å²) < 4.78 is 5.07. The van der Waals surface area contributed by atoms with Crippen LogP contribution >= 0.6 is 0 Å². The van der Waals surface area contributed by atoms with Gasteiger partial charge >= 0.3 is 0 Å². The van der Waals surface area contributed by atoms with E-state index in [1.54, 1.807) is 74.8 Å². The summed E-state index contributed by atoms with van der Waals surface area (Å²) in [6, 6.07) is 17.0. The van der Waals surface area contributed by atoms with Crippen LogP contribution in [0.4, 0.5) is 17.1 Å². The molecule has 30 heavy (non-hydrogen) atoms. The normalized spacial score (nSPS) is 10.2. The van der Waals surface area contributed by atoms with E-state index in [1.807, 2.05) is 0 Å². The number of furan rings is 1. The zero-order chi connectivity index (χ0) is 21.5. The molecule has 0 fully saturated rings. The molecule has 3 amide bonds. The molecule has 0 aliphatic rings. The maximum atomic E-state index is 12.3. The third-order valence-corrected chi connectivity index (χ3v) is 4.12. The average molecular weight is 406 g/mol. The summed E-state index contributed by atoms with van der Waals surface area (Å²) in [5, 5.41) is 8.49. The lowest BCUT2D eigenvalue weighted by atomic mass is 10.2. The fraction of sp³-hybridized carbons (Fsp3) is 0.136. The van der Waals surface area contributed by atoms with Crippen LogP contribution in [0.5, 0.6) is 0 Å². The molecule has 2 aromatic carbocycles. The SMILES string of the molecule is CN(C)C(=O)c1cccc(NC(=O)CNc2cccc(NC(=O)c3ccco3)c2)c1. The zero-order valence-corrected chi connectivity index (χ0v) is 16.6. The molecule has 0 aliphatic carbocycles. The summed E-state index contributed by atoms with van der Waals surface area (Å²) >= 11 is 0. The minimum absolute atomic E-state index is 0.0153. The number of hydrogen-bond acceptors (Lipinski definition) is 5. The van der Waals surface area contributed by atoms with Gasteiger partial charge in [-0.15, -0.1) is 0 Å². The molecular weight excluding hydrogens is 384 g/mol. The first kappa shape index (κ1) is 20.7. The maximum absolute atomic E-state index is 12.3. The Morgan fingerprint density at radius 3 is 2.27 bits per heavy atom. The quantitative estimate of drug-likeness (QED) is 0.559. The smallest absolute Gasteiger partial charge is 0.291 e. The Labute approximate surface area is 173 Å². The van der Waals surface area contributed by atoms with E-state index < -0.39 is 0 Å². The third kappa shape index (κ3) is 5.48. The molecule has 8 heteroatoms.